The van der Waals surface area contributed by atoms with Gasteiger partial charge in [0, 0.05) is 28.5 Å². The van der Waals surface area contributed by atoms with Crippen LogP contribution in [0.1, 0.15) is 60.9 Å². The molecule has 0 aliphatic heterocycles. The van der Waals surface area contributed by atoms with Crippen LogP contribution in [0.5, 0.6) is 5.75 Å². The van der Waals surface area contributed by atoms with Crippen LogP contribution in [-0.2, 0) is 16.0 Å². The van der Waals surface area contributed by atoms with Crippen molar-refractivity contribution in [3.05, 3.63) is 52.2 Å². The van der Waals surface area contributed by atoms with Gasteiger partial charge in [-0.3, -0.25) is 9.59 Å². The topological polar surface area (TPSA) is 99.5 Å². The molecule has 1 aromatic carbocycles. The lowest BCUT2D eigenvalue weighted by Crippen LogP contribution is -2.44. The second-order valence-corrected chi connectivity index (χ2v) is 11.3. The number of hydrogen-bond acceptors (Lipinski definition) is 6. The summed E-state index contributed by atoms with van der Waals surface area (Å²) >= 11 is 1.44. The number of aliphatic hydroxyl groups excluding tert-OH is 1. The molecule has 3 aliphatic carbocycles. The Labute approximate surface area is 197 Å². The lowest BCUT2D eigenvalue weighted by Gasteiger charge is -2.49. The first-order valence-corrected chi connectivity index (χ1v) is 12.6. The van der Waals surface area contributed by atoms with Crippen LogP contribution in [0.3, 0.4) is 0 Å². The summed E-state index contributed by atoms with van der Waals surface area (Å²) in [6, 6.07) is 5.68. The van der Waals surface area contributed by atoms with Crippen LogP contribution < -0.4 is 5.32 Å². The molecule has 33 heavy (non-hydrogen) atoms. The predicted octanol–water partition coefficient (Wildman–Crippen LogP) is 5.28. The molecular formula is C26H30N2O4S. The summed E-state index contributed by atoms with van der Waals surface area (Å²) in [5.74, 6) is 0.852. The van der Waals surface area contributed by atoms with Crippen molar-refractivity contribution < 1.29 is 19.8 Å². The van der Waals surface area contributed by atoms with E-state index in [1.807, 2.05) is 19.1 Å². The van der Waals surface area contributed by atoms with Gasteiger partial charge in [-0.25, -0.2) is 4.98 Å². The zero-order valence-electron chi connectivity index (χ0n) is 19.0. The highest BCUT2D eigenvalue weighted by atomic mass is 32.1. The molecular weight excluding hydrogens is 436 g/mol. The Bertz CT molecular complexity index is 1140. The van der Waals surface area contributed by atoms with Crippen molar-refractivity contribution in [3.8, 4) is 5.75 Å². The van der Waals surface area contributed by atoms with Gasteiger partial charge in [0.25, 0.3) is 0 Å². The molecule has 2 fully saturated rings. The maximum Gasteiger partial charge on any atom is 0.226 e. The van der Waals surface area contributed by atoms with Gasteiger partial charge in [0.1, 0.15) is 5.75 Å². The standard InChI is InChI=1S/C26H30N2O4S/c1-14-12-27-25(33-14)28-22(31)8-7-20-21(13-29)24(32)26(2)10-9-18-17-6-4-16(30)11-15(17)3-5-19(18)23(20)26/h4,6,11-13,18-20,23,29-30H,3,5,7-10H2,1-2H3,(H,27,28,31)/b21-13-/t18?,19?,20-,23?,26+/m1/s1. The fourth-order valence-corrected chi connectivity index (χ4v) is 7.57. The Morgan fingerprint density at radius 3 is 2.91 bits per heavy atom. The van der Waals surface area contributed by atoms with Gasteiger partial charge in [-0.15, -0.1) is 11.3 Å². The second kappa shape index (κ2) is 8.28. The van der Waals surface area contributed by atoms with E-state index in [9.17, 15) is 19.8 Å². The fourth-order valence-electron chi connectivity index (χ4n) is 6.89. The summed E-state index contributed by atoms with van der Waals surface area (Å²) in [7, 11) is 0. The number of aromatic hydroxyl groups is 1. The Hall–Kier alpha value is -2.67. The molecule has 2 saturated carbocycles. The number of fused-ring (bicyclic) bond motifs is 5. The highest BCUT2D eigenvalue weighted by Crippen LogP contribution is 2.63. The minimum absolute atomic E-state index is 0.0471. The smallest absolute Gasteiger partial charge is 0.226 e. The number of amides is 1. The Balaban J connectivity index is 1.40. The number of nitrogens with one attached hydrogen (secondary N) is 1. The van der Waals surface area contributed by atoms with Crippen molar-refractivity contribution >= 4 is 28.2 Å². The molecule has 3 aliphatic rings. The first kappa shape index (κ1) is 22.1. The SMILES string of the molecule is Cc1cnc(NC(=O)CC[C@@H]2/C(=C/O)C(=O)[C@@]3(C)CCC4c5ccc(O)cc5CCC4C23)s1. The number of carbonyl (C=O) groups excluding carboxylic acids is 2. The van der Waals surface area contributed by atoms with Gasteiger partial charge in [0.2, 0.25) is 5.91 Å². The predicted molar refractivity (Wildman–Crippen MR) is 127 cm³/mol. The van der Waals surface area contributed by atoms with Crippen LogP contribution in [0.4, 0.5) is 5.13 Å². The van der Waals surface area contributed by atoms with E-state index in [0.717, 1.165) is 36.8 Å². The summed E-state index contributed by atoms with van der Waals surface area (Å²) in [6.07, 6.45) is 7.07. The van der Waals surface area contributed by atoms with E-state index in [0.29, 0.717) is 34.7 Å². The number of aryl methyl sites for hydroxylation is 2. The van der Waals surface area contributed by atoms with Crippen LogP contribution in [0.2, 0.25) is 0 Å². The third kappa shape index (κ3) is 3.66. The van der Waals surface area contributed by atoms with Gasteiger partial charge >= 0.3 is 0 Å². The number of allylic oxidation sites excluding steroid dienone is 1. The minimum Gasteiger partial charge on any atom is -0.515 e. The number of aliphatic hydroxyl groups is 1. The average Bonchev–Trinajstić information content (AvgIpc) is 3.29. The molecule has 1 aromatic heterocycles. The summed E-state index contributed by atoms with van der Waals surface area (Å²) < 4.78 is 0. The molecule has 5 rings (SSSR count). The highest BCUT2D eigenvalue weighted by Gasteiger charge is 2.60. The van der Waals surface area contributed by atoms with E-state index in [1.54, 1.807) is 12.3 Å². The van der Waals surface area contributed by atoms with Crippen LogP contribution in [0.15, 0.2) is 36.2 Å². The number of anilines is 1. The number of benzene rings is 1. The zero-order chi connectivity index (χ0) is 23.3. The zero-order valence-corrected chi connectivity index (χ0v) is 19.8. The molecule has 7 heteroatoms. The van der Waals surface area contributed by atoms with Gasteiger partial charge < -0.3 is 15.5 Å². The number of aromatic nitrogens is 1. The maximum atomic E-state index is 13.4. The number of carbonyl (C=O) groups is 2. The number of Topliss-reactive ketones (excluding diaryl/α,β-unsaturated/α-hetero) is 1. The van der Waals surface area contributed by atoms with E-state index in [2.05, 4.69) is 17.2 Å². The Morgan fingerprint density at radius 1 is 1.36 bits per heavy atom. The van der Waals surface area contributed by atoms with E-state index < -0.39 is 5.41 Å². The molecule has 0 bridgehead atoms. The van der Waals surface area contributed by atoms with E-state index >= 15 is 0 Å². The summed E-state index contributed by atoms with van der Waals surface area (Å²) in [5.41, 5.74) is 2.47. The number of nitrogens with zero attached hydrogens (tertiary/aromatic N) is 1. The quantitative estimate of drug-likeness (QED) is 0.421. The molecule has 6 nitrogen and oxygen atoms in total. The lowest BCUT2D eigenvalue weighted by molar-refractivity contribution is -0.127. The monoisotopic (exact) mass is 466 g/mol. The van der Waals surface area contributed by atoms with Gasteiger partial charge in [-0.2, -0.15) is 0 Å². The third-order valence-corrected chi connectivity index (χ3v) is 9.09. The van der Waals surface area contributed by atoms with Crippen LogP contribution in [0.25, 0.3) is 0 Å². The Kier molecular flexibility index (Phi) is 5.55. The summed E-state index contributed by atoms with van der Waals surface area (Å²) in [6.45, 7) is 4.00. The average molecular weight is 467 g/mol. The minimum atomic E-state index is -0.502. The molecule has 2 aromatic rings. The molecule has 1 heterocycles. The summed E-state index contributed by atoms with van der Waals surface area (Å²) in [4.78, 5) is 31.3. The molecule has 5 atom stereocenters. The third-order valence-electron chi connectivity index (χ3n) is 8.26. The van der Waals surface area contributed by atoms with E-state index in [-0.39, 0.29) is 29.9 Å². The Morgan fingerprint density at radius 2 is 2.18 bits per heavy atom. The van der Waals surface area contributed by atoms with Crippen molar-refractivity contribution in [2.24, 2.45) is 23.2 Å². The second-order valence-electron chi connectivity index (χ2n) is 10.1. The van der Waals surface area contributed by atoms with Crippen LogP contribution >= 0.6 is 11.3 Å². The number of hydrogen-bond donors (Lipinski definition) is 3. The van der Waals surface area contributed by atoms with Crippen LogP contribution in [-0.4, -0.2) is 26.9 Å². The molecule has 174 valence electrons. The van der Waals surface area contributed by atoms with E-state index in [4.69, 9.17) is 0 Å². The van der Waals surface area contributed by atoms with Gasteiger partial charge in [0.05, 0.1) is 6.26 Å². The molecule has 3 N–H and O–H groups in total. The first-order valence-electron chi connectivity index (χ1n) is 11.7. The van der Waals surface area contributed by atoms with Gasteiger partial charge in [-0.1, -0.05) is 13.0 Å². The van der Waals surface area contributed by atoms with Crippen molar-refractivity contribution in [1.29, 1.82) is 0 Å². The van der Waals surface area contributed by atoms with Crippen molar-refractivity contribution in [2.75, 3.05) is 5.32 Å². The lowest BCUT2D eigenvalue weighted by atomic mass is 9.54. The molecule has 0 spiro atoms. The number of phenols is 1. The van der Waals surface area contributed by atoms with Crippen molar-refractivity contribution in [2.45, 2.75) is 58.3 Å². The van der Waals surface area contributed by atoms with E-state index in [1.165, 1.54) is 22.5 Å². The first-order chi connectivity index (χ1) is 15.8. The largest absolute Gasteiger partial charge is 0.515 e. The molecule has 0 saturated heterocycles. The van der Waals surface area contributed by atoms with Gasteiger partial charge in [0.15, 0.2) is 10.9 Å². The molecule has 1 amide bonds. The highest BCUT2D eigenvalue weighted by molar-refractivity contribution is 7.15. The van der Waals surface area contributed by atoms with Crippen LogP contribution in [0, 0.1) is 30.1 Å². The summed E-state index contributed by atoms with van der Waals surface area (Å²) in [5, 5.41) is 23.4. The number of rotatable bonds is 4. The van der Waals surface area contributed by atoms with Crippen molar-refractivity contribution in [1.82, 2.24) is 4.98 Å². The number of ketones is 1. The number of phenolic OH excluding ortho intramolecular Hbond substituents is 1. The van der Waals surface area contributed by atoms with Gasteiger partial charge in [-0.05, 0) is 86.0 Å². The maximum absolute atomic E-state index is 13.4. The normalized spacial score (nSPS) is 31.7. The molecule has 3 unspecified atom stereocenters. The fraction of sp³-hybridized carbons (Fsp3) is 0.500. The molecule has 0 radical (unpaired) electrons. The van der Waals surface area contributed by atoms with Crippen molar-refractivity contribution in [3.63, 3.8) is 0 Å². The number of thiazole rings is 1.